The van der Waals surface area contributed by atoms with E-state index in [1.807, 2.05) is 13.8 Å². The lowest BCUT2D eigenvalue weighted by molar-refractivity contribution is 0.0999. The summed E-state index contributed by atoms with van der Waals surface area (Å²) >= 11 is 0. The van der Waals surface area contributed by atoms with Gasteiger partial charge >= 0.3 is 0 Å². The fraction of sp³-hybridized carbons (Fsp3) is 0.526. The van der Waals surface area contributed by atoms with Crippen molar-refractivity contribution in [2.75, 3.05) is 31.1 Å². The highest BCUT2D eigenvalue weighted by Gasteiger charge is 2.42. The third kappa shape index (κ3) is 2.18. The Bertz CT molecular complexity index is 762. The SMILES string of the molecule is CC1=C(C)c2c(c(C(N)=O)cc(F)c2N2CCC3(CCNC3)C2)C1. The standard InChI is InChI=1S/C19H24FN3O/c1-11-7-13-14(18(21)24)8-15(20)17(16(13)12(11)2)23-6-4-19(10-23)3-5-22-9-19/h8,22H,3-7,9-10H2,1-2H3,(H2,21,24). The zero-order chi connectivity index (χ0) is 17.1. The highest BCUT2D eigenvalue weighted by Crippen LogP contribution is 2.46. The van der Waals surface area contributed by atoms with Crippen LogP contribution in [-0.2, 0) is 6.42 Å². The predicted octanol–water partition coefficient (Wildman–Crippen LogP) is 2.46. The molecule has 3 aliphatic rings. The highest BCUT2D eigenvalue weighted by atomic mass is 19.1. The Morgan fingerprint density at radius 1 is 1.38 bits per heavy atom. The number of fused-ring (bicyclic) bond motifs is 1. The Morgan fingerprint density at radius 3 is 2.83 bits per heavy atom. The first-order chi connectivity index (χ1) is 11.4. The Labute approximate surface area is 141 Å². The van der Waals surface area contributed by atoms with Gasteiger partial charge in [0.15, 0.2) is 0 Å². The molecular formula is C19H24FN3O. The minimum Gasteiger partial charge on any atom is -0.368 e. The lowest BCUT2D eigenvalue weighted by atomic mass is 9.86. The summed E-state index contributed by atoms with van der Waals surface area (Å²) in [5, 5.41) is 3.44. The van der Waals surface area contributed by atoms with Crippen LogP contribution in [0.15, 0.2) is 11.6 Å². The summed E-state index contributed by atoms with van der Waals surface area (Å²) in [5.41, 5.74) is 10.9. The average molecular weight is 329 g/mol. The van der Waals surface area contributed by atoms with Crippen LogP contribution in [0.1, 0.15) is 48.2 Å². The number of halogens is 1. The predicted molar refractivity (Wildman–Crippen MR) is 93.6 cm³/mol. The molecule has 2 fully saturated rings. The van der Waals surface area contributed by atoms with E-state index in [9.17, 15) is 4.79 Å². The second-order valence-corrected chi connectivity index (χ2v) is 7.65. The zero-order valence-corrected chi connectivity index (χ0v) is 14.3. The van der Waals surface area contributed by atoms with Crippen LogP contribution in [0.2, 0.25) is 0 Å². The number of nitrogens with one attached hydrogen (secondary N) is 1. The summed E-state index contributed by atoms with van der Waals surface area (Å²) in [6.07, 6.45) is 2.93. The summed E-state index contributed by atoms with van der Waals surface area (Å²) < 4.78 is 15.0. The monoisotopic (exact) mass is 329 g/mol. The van der Waals surface area contributed by atoms with Gasteiger partial charge in [0.1, 0.15) is 5.82 Å². The number of hydrogen-bond acceptors (Lipinski definition) is 3. The first-order valence-corrected chi connectivity index (χ1v) is 8.69. The normalized spacial score (nSPS) is 25.9. The number of anilines is 1. The largest absolute Gasteiger partial charge is 0.368 e. The van der Waals surface area contributed by atoms with Crippen molar-refractivity contribution in [1.29, 1.82) is 0 Å². The lowest BCUT2D eigenvalue weighted by Gasteiger charge is -2.27. The van der Waals surface area contributed by atoms with Crippen LogP contribution >= 0.6 is 0 Å². The van der Waals surface area contributed by atoms with Gasteiger partial charge in [-0.1, -0.05) is 5.57 Å². The molecule has 0 bridgehead atoms. The van der Waals surface area contributed by atoms with Gasteiger partial charge in [-0.2, -0.15) is 0 Å². The van der Waals surface area contributed by atoms with E-state index in [1.165, 1.54) is 11.6 Å². The van der Waals surface area contributed by atoms with Gasteiger partial charge in [0.05, 0.1) is 5.69 Å². The number of allylic oxidation sites excluding steroid dienone is 2. The van der Waals surface area contributed by atoms with Crippen molar-refractivity contribution in [1.82, 2.24) is 5.32 Å². The van der Waals surface area contributed by atoms with E-state index >= 15 is 4.39 Å². The van der Waals surface area contributed by atoms with Crippen LogP contribution in [0.3, 0.4) is 0 Å². The van der Waals surface area contributed by atoms with Crippen LogP contribution in [-0.4, -0.2) is 32.1 Å². The van der Waals surface area contributed by atoms with Gasteiger partial charge in [0.2, 0.25) is 5.91 Å². The van der Waals surface area contributed by atoms with Gasteiger partial charge in [-0.05, 0) is 56.9 Å². The average Bonchev–Trinajstić information content (AvgIpc) is 3.23. The van der Waals surface area contributed by atoms with E-state index in [0.29, 0.717) is 17.7 Å². The number of primary amides is 1. The zero-order valence-electron chi connectivity index (χ0n) is 14.3. The van der Waals surface area contributed by atoms with Crippen LogP contribution in [0, 0.1) is 11.2 Å². The van der Waals surface area contributed by atoms with Crippen molar-refractivity contribution >= 4 is 17.2 Å². The van der Waals surface area contributed by atoms with Gasteiger partial charge < -0.3 is 16.0 Å². The maximum atomic E-state index is 15.0. The van der Waals surface area contributed by atoms with Crippen molar-refractivity contribution in [2.24, 2.45) is 11.1 Å². The fourth-order valence-corrected chi connectivity index (χ4v) is 4.68. The maximum absolute atomic E-state index is 15.0. The lowest BCUT2D eigenvalue weighted by Crippen LogP contribution is -2.30. The summed E-state index contributed by atoms with van der Waals surface area (Å²) in [4.78, 5) is 14.0. The van der Waals surface area contributed by atoms with Gasteiger partial charge in [-0.15, -0.1) is 0 Å². The van der Waals surface area contributed by atoms with E-state index in [2.05, 4.69) is 10.2 Å². The third-order valence-electron chi connectivity index (χ3n) is 6.17. The molecule has 24 heavy (non-hydrogen) atoms. The van der Waals surface area contributed by atoms with Crippen molar-refractivity contribution in [2.45, 2.75) is 33.1 Å². The summed E-state index contributed by atoms with van der Waals surface area (Å²) in [7, 11) is 0. The van der Waals surface area contributed by atoms with E-state index in [0.717, 1.165) is 55.7 Å². The van der Waals surface area contributed by atoms with Crippen molar-refractivity contribution in [3.05, 3.63) is 34.1 Å². The maximum Gasteiger partial charge on any atom is 0.249 e. The number of nitrogens with zero attached hydrogens (tertiary/aromatic N) is 1. The number of hydrogen-bond donors (Lipinski definition) is 2. The molecule has 1 spiro atoms. The highest BCUT2D eigenvalue weighted by molar-refractivity contribution is 5.99. The topological polar surface area (TPSA) is 58.4 Å². The molecule has 4 nitrogen and oxygen atoms in total. The molecule has 1 aromatic rings. The summed E-state index contributed by atoms with van der Waals surface area (Å²) in [6.45, 7) is 7.89. The number of rotatable bonds is 2. The van der Waals surface area contributed by atoms with Crippen LogP contribution in [0.4, 0.5) is 10.1 Å². The molecule has 0 saturated carbocycles. The molecular weight excluding hydrogens is 305 g/mol. The van der Waals surface area contributed by atoms with Crippen molar-refractivity contribution in [3.8, 4) is 0 Å². The van der Waals surface area contributed by atoms with Crippen LogP contribution < -0.4 is 16.0 Å². The molecule has 1 aliphatic carbocycles. The Balaban J connectivity index is 1.82. The molecule has 1 amide bonds. The minimum atomic E-state index is -0.544. The molecule has 2 saturated heterocycles. The van der Waals surface area contributed by atoms with Crippen LogP contribution in [0.5, 0.6) is 0 Å². The van der Waals surface area contributed by atoms with Gasteiger partial charge in [0, 0.05) is 36.2 Å². The summed E-state index contributed by atoms with van der Waals surface area (Å²) in [6, 6.07) is 1.35. The van der Waals surface area contributed by atoms with Crippen LogP contribution in [0.25, 0.3) is 5.57 Å². The first-order valence-electron chi connectivity index (χ1n) is 8.69. The number of benzene rings is 1. The van der Waals surface area contributed by atoms with E-state index in [1.54, 1.807) is 0 Å². The van der Waals surface area contributed by atoms with E-state index < -0.39 is 5.91 Å². The van der Waals surface area contributed by atoms with Crippen molar-refractivity contribution < 1.29 is 9.18 Å². The van der Waals surface area contributed by atoms with E-state index in [4.69, 9.17) is 5.73 Å². The number of amides is 1. The molecule has 0 aromatic heterocycles. The molecule has 4 rings (SSSR count). The smallest absolute Gasteiger partial charge is 0.249 e. The Morgan fingerprint density at radius 2 is 2.17 bits per heavy atom. The molecule has 1 unspecified atom stereocenters. The fourth-order valence-electron chi connectivity index (χ4n) is 4.68. The van der Waals surface area contributed by atoms with Gasteiger partial charge in [0.25, 0.3) is 0 Å². The molecule has 0 radical (unpaired) electrons. The van der Waals surface area contributed by atoms with Gasteiger partial charge in [-0.25, -0.2) is 4.39 Å². The van der Waals surface area contributed by atoms with E-state index in [-0.39, 0.29) is 11.2 Å². The second-order valence-electron chi connectivity index (χ2n) is 7.65. The van der Waals surface area contributed by atoms with Crippen molar-refractivity contribution in [3.63, 3.8) is 0 Å². The van der Waals surface area contributed by atoms with Gasteiger partial charge in [-0.3, -0.25) is 4.79 Å². The molecule has 2 aliphatic heterocycles. The minimum absolute atomic E-state index is 0.271. The molecule has 2 heterocycles. The molecule has 5 heteroatoms. The first kappa shape index (κ1) is 15.6. The number of carbonyl (C=O) groups is 1. The quantitative estimate of drug-likeness (QED) is 0.876. The number of nitrogens with two attached hydrogens (primary N) is 1. The molecule has 128 valence electrons. The third-order valence-corrected chi connectivity index (χ3v) is 6.17. The molecule has 1 aromatic carbocycles. The Kier molecular flexibility index (Phi) is 3.46. The summed E-state index contributed by atoms with van der Waals surface area (Å²) in [5.74, 6) is -0.864. The molecule has 3 N–H and O–H groups in total. The second kappa shape index (κ2) is 5.31. The number of carbonyl (C=O) groups excluding carboxylic acids is 1. The Hall–Kier alpha value is -1.88. The molecule has 1 atom stereocenters.